The van der Waals surface area contributed by atoms with Gasteiger partial charge in [0.05, 0.1) is 11.0 Å². The Morgan fingerprint density at radius 2 is 1.85 bits per heavy atom. The zero-order valence-electron chi connectivity index (χ0n) is 11.1. The first-order chi connectivity index (χ1) is 9.63. The summed E-state index contributed by atoms with van der Waals surface area (Å²) >= 11 is 0. The Hall–Kier alpha value is -2.69. The number of esters is 1. The van der Waals surface area contributed by atoms with Crippen LogP contribution < -0.4 is 4.74 Å². The first-order valence-electron chi connectivity index (χ1n) is 6.13. The minimum Gasteiger partial charge on any atom is -0.466 e. The fourth-order valence-electron chi connectivity index (χ4n) is 2.00. The van der Waals surface area contributed by atoms with Crippen LogP contribution in [0.3, 0.4) is 0 Å². The summed E-state index contributed by atoms with van der Waals surface area (Å²) in [5.41, 5.74) is 1.86. The molecule has 0 saturated carbocycles. The summed E-state index contributed by atoms with van der Waals surface area (Å²) in [4.78, 5) is 20.4. The number of benzene rings is 1. The number of carbonyl (C=O) groups is 1. The minimum atomic E-state index is -0.442. The molecule has 0 aliphatic rings. The monoisotopic (exact) mass is 268 g/mol. The van der Waals surface area contributed by atoms with Gasteiger partial charge in [0, 0.05) is 18.5 Å². The van der Waals surface area contributed by atoms with E-state index in [4.69, 9.17) is 9.15 Å². The van der Waals surface area contributed by atoms with Crippen LogP contribution in [0.25, 0.3) is 11.0 Å². The number of hydrogen-bond donors (Lipinski definition) is 0. The van der Waals surface area contributed by atoms with Gasteiger partial charge in [-0.05, 0) is 32.0 Å². The van der Waals surface area contributed by atoms with E-state index >= 15 is 0 Å². The Labute approximate surface area is 115 Å². The van der Waals surface area contributed by atoms with Gasteiger partial charge in [-0.2, -0.15) is 0 Å². The Kier molecular flexibility index (Phi) is 2.95. The number of carbonyl (C=O) groups excluding carboxylic acids is 1. The first kappa shape index (κ1) is 12.3. The first-order valence-corrected chi connectivity index (χ1v) is 6.13. The van der Waals surface area contributed by atoms with Crippen molar-refractivity contribution in [3.05, 3.63) is 53.7 Å². The van der Waals surface area contributed by atoms with E-state index in [0.29, 0.717) is 28.4 Å². The van der Waals surface area contributed by atoms with Gasteiger partial charge in [0.15, 0.2) is 0 Å². The Morgan fingerprint density at radius 3 is 2.55 bits per heavy atom. The third kappa shape index (κ3) is 2.25. The highest BCUT2D eigenvalue weighted by Gasteiger charge is 2.16. The van der Waals surface area contributed by atoms with Crippen LogP contribution in [-0.2, 0) is 0 Å². The lowest BCUT2D eigenvalue weighted by molar-refractivity contribution is 0.0733. The molecule has 0 saturated heterocycles. The van der Waals surface area contributed by atoms with E-state index in [1.54, 1.807) is 50.5 Å². The maximum absolute atomic E-state index is 12.1. The van der Waals surface area contributed by atoms with Crippen molar-refractivity contribution in [3.8, 4) is 5.75 Å². The summed E-state index contributed by atoms with van der Waals surface area (Å²) in [6.45, 7) is 3.52. The zero-order valence-corrected chi connectivity index (χ0v) is 11.1. The molecule has 0 unspecified atom stereocenters. The van der Waals surface area contributed by atoms with E-state index in [-0.39, 0.29) is 0 Å². The molecule has 3 rings (SSSR count). The highest BCUT2D eigenvalue weighted by atomic mass is 16.5. The van der Waals surface area contributed by atoms with Gasteiger partial charge in [0.2, 0.25) is 0 Å². The molecule has 2 aromatic heterocycles. The van der Waals surface area contributed by atoms with Crippen LogP contribution in [0.2, 0.25) is 0 Å². The van der Waals surface area contributed by atoms with Crippen LogP contribution in [0.4, 0.5) is 0 Å². The van der Waals surface area contributed by atoms with Gasteiger partial charge in [0.1, 0.15) is 22.8 Å². The molecule has 20 heavy (non-hydrogen) atoms. The number of rotatable bonds is 2. The standard InChI is InChI=1S/C15H12N2O3/c1-9-7-12(10(2)19-9)15(18)20-11-3-4-13-14(8-11)17-6-5-16-13/h3-8H,1-2H3. The highest BCUT2D eigenvalue weighted by Crippen LogP contribution is 2.20. The molecule has 0 bridgehead atoms. The molecule has 0 radical (unpaired) electrons. The Bertz CT molecular complexity index is 793. The molecule has 5 heteroatoms. The summed E-state index contributed by atoms with van der Waals surface area (Å²) in [5.74, 6) is 1.22. The average molecular weight is 268 g/mol. The molecule has 2 heterocycles. The van der Waals surface area contributed by atoms with Gasteiger partial charge in [-0.15, -0.1) is 0 Å². The number of fused-ring (bicyclic) bond motifs is 1. The molecule has 0 amide bonds. The lowest BCUT2D eigenvalue weighted by Gasteiger charge is -2.04. The van der Waals surface area contributed by atoms with Crippen LogP contribution in [0, 0.1) is 13.8 Å². The van der Waals surface area contributed by atoms with E-state index in [1.165, 1.54) is 0 Å². The Balaban J connectivity index is 1.89. The smallest absolute Gasteiger partial charge is 0.347 e. The second kappa shape index (κ2) is 4.77. The van der Waals surface area contributed by atoms with Crippen molar-refractivity contribution in [2.45, 2.75) is 13.8 Å². The van der Waals surface area contributed by atoms with E-state index < -0.39 is 5.97 Å². The van der Waals surface area contributed by atoms with Crippen molar-refractivity contribution < 1.29 is 13.9 Å². The summed E-state index contributed by atoms with van der Waals surface area (Å²) in [7, 11) is 0. The number of hydrogen-bond acceptors (Lipinski definition) is 5. The third-order valence-corrected chi connectivity index (χ3v) is 2.91. The molecular formula is C15H12N2O3. The van der Waals surface area contributed by atoms with Crippen molar-refractivity contribution in [1.82, 2.24) is 9.97 Å². The van der Waals surface area contributed by atoms with E-state index in [0.717, 1.165) is 5.52 Å². The van der Waals surface area contributed by atoms with Gasteiger partial charge in [-0.3, -0.25) is 9.97 Å². The van der Waals surface area contributed by atoms with Crippen LogP contribution >= 0.6 is 0 Å². The fourth-order valence-corrected chi connectivity index (χ4v) is 2.00. The molecule has 0 spiro atoms. The van der Waals surface area contributed by atoms with Gasteiger partial charge in [-0.1, -0.05) is 0 Å². The predicted molar refractivity (Wildman–Crippen MR) is 72.7 cm³/mol. The predicted octanol–water partition coefficient (Wildman–Crippen LogP) is 3.06. The van der Waals surface area contributed by atoms with Crippen molar-refractivity contribution in [2.75, 3.05) is 0 Å². The van der Waals surface area contributed by atoms with Gasteiger partial charge >= 0.3 is 5.97 Å². The van der Waals surface area contributed by atoms with E-state index in [2.05, 4.69) is 9.97 Å². The molecule has 3 aromatic rings. The van der Waals surface area contributed by atoms with E-state index in [1.807, 2.05) is 0 Å². The van der Waals surface area contributed by atoms with Crippen molar-refractivity contribution >= 4 is 17.0 Å². The molecule has 0 N–H and O–H groups in total. The largest absolute Gasteiger partial charge is 0.466 e. The maximum atomic E-state index is 12.1. The van der Waals surface area contributed by atoms with Gasteiger partial charge in [0.25, 0.3) is 0 Å². The summed E-state index contributed by atoms with van der Waals surface area (Å²) in [6.07, 6.45) is 3.21. The van der Waals surface area contributed by atoms with Crippen LogP contribution in [0.1, 0.15) is 21.9 Å². The zero-order chi connectivity index (χ0) is 14.1. The molecule has 0 aliphatic carbocycles. The second-order valence-corrected chi connectivity index (χ2v) is 4.42. The summed E-state index contributed by atoms with van der Waals surface area (Å²) in [5, 5.41) is 0. The molecule has 0 fully saturated rings. The normalized spacial score (nSPS) is 10.7. The average Bonchev–Trinajstić information content (AvgIpc) is 2.78. The third-order valence-electron chi connectivity index (χ3n) is 2.91. The molecule has 1 aromatic carbocycles. The molecular weight excluding hydrogens is 256 g/mol. The van der Waals surface area contributed by atoms with Crippen LogP contribution in [0.15, 0.2) is 41.1 Å². The number of aryl methyl sites for hydroxylation is 2. The van der Waals surface area contributed by atoms with Gasteiger partial charge < -0.3 is 9.15 Å². The fraction of sp³-hybridized carbons (Fsp3) is 0.133. The SMILES string of the molecule is Cc1cc(C(=O)Oc2ccc3nccnc3c2)c(C)o1. The number of ether oxygens (including phenoxy) is 1. The Morgan fingerprint density at radius 1 is 1.10 bits per heavy atom. The lowest BCUT2D eigenvalue weighted by atomic mass is 10.2. The second-order valence-electron chi connectivity index (χ2n) is 4.42. The molecule has 100 valence electrons. The van der Waals surface area contributed by atoms with Crippen molar-refractivity contribution in [3.63, 3.8) is 0 Å². The summed E-state index contributed by atoms with van der Waals surface area (Å²) in [6, 6.07) is 6.80. The topological polar surface area (TPSA) is 65.2 Å². The number of furan rings is 1. The quantitative estimate of drug-likeness (QED) is 0.528. The molecule has 0 aliphatic heterocycles. The highest BCUT2D eigenvalue weighted by molar-refractivity contribution is 5.92. The van der Waals surface area contributed by atoms with E-state index in [9.17, 15) is 4.79 Å². The van der Waals surface area contributed by atoms with Crippen molar-refractivity contribution in [2.24, 2.45) is 0 Å². The van der Waals surface area contributed by atoms with Crippen LogP contribution in [-0.4, -0.2) is 15.9 Å². The number of nitrogens with zero attached hydrogens (tertiary/aromatic N) is 2. The number of aromatic nitrogens is 2. The maximum Gasteiger partial charge on any atom is 0.347 e. The van der Waals surface area contributed by atoms with Crippen LogP contribution in [0.5, 0.6) is 5.75 Å². The summed E-state index contributed by atoms with van der Waals surface area (Å²) < 4.78 is 10.7. The lowest BCUT2D eigenvalue weighted by Crippen LogP contribution is -2.08. The molecule has 0 atom stereocenters. The minimum absolute atomic E-state index is 0.432. The van der Waals surface area contributed by atoms with Gasteiger partial charge in [-0.25, -0.2) is 4.79 Å². The van der Waals surface area contributed by atoms with Crippen molar-refractivity contribution in [1.29, 1.82) is 0 Å². The molecule has 5 nitrogen and oxygen atoms in total.